The van der Waals surface area contributed by atoms with Crippen molar-refractivity contribution < 1.29 is 43.0 Å². The number of nitrogens with two attached hydrogens (primary N) is 1. The second-order valence-corrected chi connectivity index (χ2v) is 8.45. The molecule has 0 radical (unpaired) electrons. The lowest BCUT2D eigenvalue weighted by Crippen LogP contribution is -2.33. The molecule has 0 unspecified atom stereocenters. The molecule has 3 rings (SSSR count). The molecule has 3 heterocycles. The van der Waals surface area contributed by atoms with Gasteiger partial charge in [-0.3, -0.25) is 9.09 Å². The standard InChI is InChI=1S/C10H16N6O9P2/c11-8-5-9(14-2-13-8)16(3-15-5)10-7(18)6(17)4(24-10)1-23-26(12,19)25-27(20,21)22/h2-4,6-7,10,17-18H,1H2,(H2,12,19)(H2,11,13,14)(H2,20,21,22)/t4-,6-,7-,10-,26-/m1/s1. The molecule has 8 N–H and O–H groups in total. The summed E-state index contributed by atoms with van der Waals surface area (Å²) in [7, 11) is -9.79. The lowest BCUT2D eigenvalue weighted by molar-refractivity contribution is -0.0491. The van der Waals surface area contributed by atoms with Gasteiger partial charge in [0.05, 0.1) is 12.9 Å². The second-order valence-electron chi connectivity index (χ2n) is 5.52. The number of hydrogen-bond acceptors (Lipinski definition) is 11. The molecule has 5 atom stereocenters. The van der Waals surface area contributed by atoms with E-state index in [-0.39, 0.29) is 17.0 Å². The Bertz CT molecular complexity index is 933. The van der Waals surface area contributed by atoms with Crippen molar-refractivity contribution >= 4 is 32.5 Å². The molecule has 0 amide bonds. The average molecular weight is 426 g/mol. The van der Waals surface area contributed by atoms with Crippen molar-refractivity contribution in [3.63, 3.8) is 0 Å². The van der Waals surface area contributed by atoms with Gasteiger partial charge in [0.25, 0.3) is 0 Å². The highest BCUT2D eigenvalue weighted by molar-refractivity contribution is 7.61. The fourth-order valence-electron chi connectivity index (χ4n) is 2.50. The van der Waals surface area contributed by atoms with Crippen molar-refractivity contribution in [3.05, 3.63) is 12.7 Å². The summed E-state index contributed by atoms with van der Waals surface area (Å²) >= 11 is 0. The Morgan fingerprint density at radius 1 is 1.26 bits per heavy atom. The Hall–Kier alpha value is -1.51. The first-order valence-electron chi connectivity index (χ1n) is 7.21. The largest absolute Gasteiger partial charge is 0.477 e. The maximum Gasteiger partial charge on any atom is 0.477 e. The molecule has 27 heavy (non-hydrogen) atoms. The molecule has 2 aromatic rings. The van der Waals surface area contributed by atoms with Crippen LogP contribution in [0, 0.1) is 5.16 Å². The number of nitrogens with one attached hydrogen (secondary N) is 1. The van der Waals surface area contributed by atoms with E-state index in [1.165, 1.54) is 17.2 Å². The van der Waals surface area contributed by atoms with Gasteiger partial charge in [-0.15, -0.1) is 0 Å². The van der Waals surface area contributed by atoms with E-state index < -0.39 is 46.7 Å². The third-order valence-electron chi connectivity index (χ3n) is 3.63. The van der Waals surface area contributed by atoms with Crippen molar-refractivity contribution in [2.24, 2.45) is 0 Å². The van der Waals surface area contributed by atoms with Crippen LogP contribution in [-0.4, -0.2) is 69.3 Å². The van der Waals surface area contributed by atoms with Crippen LogP contribution in [0.3, 0.4) is 0 Å². The summed E-state index contributed by atoms with van der Waals surface area (Å²) in [5.74, 6) is 0.102. The zero-order valence-electron chi connectivity index (χ0n) is 13.3. The molecule has 0 spiro atoms. The first-order valence-corrected chi connectivity index (χ1v) is 10.3. The third-order valence-corrected chi connectivity index (χ3v) is 5.86. The number of ether oxygens (including phenoxy) is 1. The van der Waals surface area contributed by atoms with Gasteiger partial charge in [0.15, 0.2) is 17.7 Å². The predicted molar refractivity (Wildman–Crippen MR) is 86.6 cm³/mol. The maximum atomic E-state index is 10.7. The van der Waals surface area contributed by atoms with Crippen LogP contribution in [0.2, 0.25) is 0 Å². The summed E-state index contributed by atoms with van der Waals surface area (Å²) in [6.07, 6.45) is -2.94. The van der Waals surface area contributed by atoms with Gasteiger partial charge in [0.1, 0.15) is 30.2 Å². The summed E-state index contributed by atoms with van der Waals surface area (Å²) < 4.78 is 26.0. The average Bonchev–Trinajstić information content (AvgIpc) is 3.07. The lowest BCUT2D eigenvalue weighted by atomic mass is 10.1. The van der Waals surface area contributed by atoms with Crippen LogP contribution in [0.4, 0.5) is 5.82 Å². The van der Waals surface area contributed by atoms with Gasteiger partial charge in [-0.05, 0) is 0 Å². The minimum atomic E-state index is -5.16. The molecule has 0 aromatic carbocycles. The van der Waals surface area contributed by atoms with E-state index in [0.29, 0.717) is 0 Å². The normalized spacial score (nSPS) is 28.5. The number of nitrogen functional groups attached to an aromatic ring is 1. The molecule has 15 nitrogen and oxygen atoms in total. The minimum absolute atomic E-state index is 0.102. The quantitative estimate of drug-likeness (QED) is 0.265. The van der Waals surface area contributed by atoms with Crippen molar-refractivity contribution in [1.82, 2.24) is 19.5 Å². The van der Waals surface area contributed by atoms with Crippen LogP contribution in [-0.2, 0) is 18.1 Å². The molecule has 1 fully saturated rings. The van der Waals surface area contributed by atoms with E-state index >= 15 is 0 Å². The number of nitrogens with zero attached hydrogens (tertiary/aromatic N) is 4. The summed E-state index contributed by atoms with van der Waals surface area (Å²) in [5.41, 5.74) is 6.17. The van der Waals surface area contributed by atoms with Gasteiger partial charge in [0, 0.05) is 0 Å². The molecule has 1 aliphatic rings. The van der Waals surface area contributed by atoms with Gasteiger partial charge in [-0.25, -0.2) is 29.0 Å². The monoisotopic (exact) mass is 426 g/mol. The zero-order valence-corrected chi connectivity index (χ0v) is 15.1. The van der Waals surface area contributed by atoms with Gasteiger partial charge in [-0.1, -0.05) is 0 Å². The minimum Gasteiger partial charge on any atom is -0.387 e. The number of anilines is 1. The van der Waals surface area contributed by atoms with Crippen LogP contribution in [0.15, 0.2) is 12.7 Å². The number of aliphatic hydroxyl groups excluding tert-OH is 2. The third kappa shape index (κ3) is 4.33. The van der Waals surface area contributed by atoms with Crippen molar-refractivity contribution in [2.45, 2.75) is 24.5 Å². The first-order chi connectivity index (χ1) is 12.5. The number of rotatable bonds is 6. The van der Waals surface area contributed by atoms with E-state index in [1.807, 2.05) is 0 Å². The Morgan fingerprint density at radius 2 is 1.96 bits per heavy atom. The van der Waals surface area contributed by atoms with Crippen molar-refractivity contribution in [2.75, 3.05) is 12.3 Å². The number of aliphatic hydroxyl groups is 2. The van der Waals surface area contributed by atoms with E-state index in [9.17, 15) is 19.7 Å². The number of aromatic nitrogens is 4. The molecular weight excluding hydrogens is 410 g/mol. The van der Waals surface area contributed by atoms with Crippen LogP contribution in [0.25, 0.3) is 11.2 Å². The summed E-state index contributed by atoms with van der Waals surface area (Å²) in [4.78, 5) is 38.5. The highest BCUT2D eigenvalue weighted by Crippen LogP contribution is 2.58. The summed E-state index contributed by atoms with van der Waals surface area (Å²) in [6.45, 7) is -0.688. The number of phosphoric acid groups is 1. The predicted octanol–water partition coefficient (Wildman–Crippen LogP) is -1.33. The van der Waals surface area contributed by atoms with E-state index in [0.717, 1.165) is 0 Å². The molecule has 0 bridgehead atoms. The van der Waals surface area contributed by atoms with Crippen LogP contribution in [0.1, 0.15) is 6.23 Å². The van der Waals surface area contributed by atoms with E-state index in [2.05, 4.69) is 23.8 Å². The van der Waals surface area contributed by atoms with E-state index in [4.69, 9.17) is 25.4 Å². The fraction of sp³-hybridized carbons (Fsp3) is 0.500. The van der Waals surface area contributed by atoms with Gasteiger partial charge >= 0.3 is 15.6 Å². The summed E-state index contributed by atoms with van der Waals surface area (Å²) in [5, 5.41) is 27.6. The maximum absolute atomic E-state index is 10.7. The van der Waals surface area contributed by atoms with Crippen LogP contribution >= 0.6 is 15.6 Å². The van der Waals surface area contributed by atoms with Gasteiger partial charge < -0.3 is 35.4 Å². The van der Waals surface area contributed by atoms with Crippen molar-refractivity contribution in [3.8, 4) is 0 Å². The molecular formula is C10H16N6O9P2. The molecule has 1 aliphatic heterocycles. The van der Waals surface area contributed by atoms with Crippen LogP contribution < -0.4 is 5.73 Å². The van der Waals surface area contributed by atoms with Gasteiger partial charge in [-0.2, -0.15) is 0 Å². The number of hydrogen-bond donors (Lipinski definition) is 7. The Balaban J connectivity index is 1.75. The molecule has 17 heteroatoms. The van der Waals surface area contributed by atoms with E-state index in [1.54, 1.807) is 0 Å². The summed E-state index contributed by atoms with van der Waals surface area (Å²) in [6, 6.07) is 0. The zero-order chi connectivity index (χ0) is 20.0. The first kappa shape index (κ1) is 20.2. The second kappa shape index (κ2) is 7.14. The highest BCUT2D eigenvalue weighted by Gasteiger charge is 2.45. The Labute approximate surface area is 150 Å². The van der Waals surface area contributed by atoms with Crippen LogP contribution in [0.5, 0.6) is 0 Å². The Morgan fingerprint density at radius 3 is 2.63 bits per heavy atom. The molecule has 0 saturated carbocycles. The fourth-order valence-corrected chi connectivity index (χ4v) is 4.19. The highest BCUT2D eigenvalue weighted by atomic mass is 31.3. The molecule has 150 valence electrons. The topological polar surface area (TPSA) is 239 Å². The smallest absolute Gasteiger partial charge is 0.387 e. The number of imidazole rings is 1. The Kier molecular flexibility index (Phi) is 5.35. The SMILES string of the molecule is N=[P@@](O)(OC[C@H]1O[C@@H](n2cnc3c(N)ncnc32)[C@H](O)[C@@H]1O)OP(=O)(O)O. The molecule has 2 aromatic heterocycles. The van der Waals surface area contributed by atoms with Crippen molar-refractivity contribution in [1.29, 1.82) is 5.16 Å². The van der Waals surface area contributed by atoms with Gasteiger partial charge in [0.2, 0.25) is 0 Å². The molecule has 1 saturated heterocycles. The number of fused-ring (bicyclic) bond motifs is 1. The molecule has 0 aliphatic carbocycles. The lowest BCUT2D eigenvalue weighted by Gasteiger charge is -2.19.